The molecule has 0 bridgehead atoms. The molecule has 0 unspecified atom stereocenters. The molecule has 208 valence electrons. The van der Waals surface area contributed by atoms with Gasteiger partial charge >= 0.3 is 12.2 Å². The third-order valence-corrected chi connectivity index (χ3v) is 5.71. The molecular weight excluding hydrogens is 574 g/mol. The van der Waals surface area contributed by atoms with E-state index in [1.54, 1.807) is 73.0 Å². The first-order chi connectivity index (χ1) is 18.1. The first-order valence-electron chi connectivity index (χ1n) is 12.1. The molecule has 0 spiro atoms. The lowest BCUT2D eigenvalue weighted by Crippen LogP contribution is -2.44. The Morgan fingerprint density at radius 1 is 0.949 bits per heavy atom. The third kappa shape index (κ3) is 7.95. The van der Waals surface area contributed by atoms with Crippen molar-refractivity contribution in [2.45, 2.75) is 66.1 Å². The summed E-state index contributed by atoms with van der Waals surface area (Å²) in [5.74, 6) is -1.90. The molecule has 0 fully saturated rings. The Bertz CT molecular complexity index is 1360. The lowest BCUT2D eigenvalue weighted by Gasteiger charge is -2.28. The van der Waals surface area contributed by atoms with Gasteiger partial charge in [-0.2, -0.15) is 4.90 Å². The van der Waals surface area contributed by atoms with Crippen LogP contribution < -0.4 is 10.2 Å². The van der Waals surface area contributed by atoms with E-state index in [0.29, 0.717) is 26.2 Å². The van der Waals surface area contributed by atoms with E-state index < -0.39 is 40.8 Å². The monoisotopic (exact) mass is 604 g/mol. The lowest BCUT2D eigenvalue weighted by molar-refractivity contribution is 0.0427. The van der Waals surface area contributed by atoms with Crippen LogP contribution in [0.2, 0.25) is 0 Å². The standard InChI is InChI=1S/C28H31BrF2N4O4/c1-16-18(14-32-15-22(16)34-21-9-8-19(29)13-20(21)30)12-17-10-11-33-24(23(17)31)35(25(36)38-27(2,3)4)26(37)39-28(5,6)7/h8-11,13-15,34H,12H2,1-7H3. The average molecular weight is 605 g/mol. The van der Waals surface area contributed by atoms with Crippen molar-refractivity contribution in [1.82, 2.24) is 9.97 Å². The number of halogens is 3. The van der Waals surface area contributed by atoms with Gasteiger partial charge in [0.25, 0.3) is 0 Å². The molecule has 2 aromatic heterocycles. The highest BCUT2D eigenvalue weighted by molar-refractivity contribution is 9.10. The topological polar surface area (TPSA) is 93.7 Å². The normalized spacial score (nSPS) is 11.6. The van der Waals surface area contributed by atoms with Gasteiger partial charge in [0, 0.05) is 23.3 Å². The molecule has 0 aliphatic carbocycles. The molecule has 8 nitrogen and oxygen atoms in total. The van der Waals surface area contributed by atoms with Crippen molar-refractivity contribution in [2.75, 3.05) is 10.2 Å². The van der Waals surface area contributed by atoms with Crippen LogP contribution >= 0.6 is 15.9 Å². The number of imide groups is 1. The van der Waals surface area contributed by atoms with Gasteiger partial charge in [0.1, 0.15) is 17.0 Å². The summed E-state index contributed by atoms with van der Waals surface area (Å²) in [7, 11) is 0. The van der Waals surface area contributed by atoms with Crippen molar-refractivity contribution in [3.8, 4) is 0 Å². The number of hydrogen-bond acceptors (Lipinski definition) is 7. The van der Waals surface area contributed by atoms with E-state index in [1.807, 2.05) is 0 Å². The van der Waals surface area contributed by atoms with Crippen molar-refractivity contribution in [2.24, 2.45) is 0 Å². The molecule has 0 atom stereocenters. The van der Waals surface area contributed by atoms with E-state index in [0.717, 1.165) is 0 Å². The number of hydrogen-bond donors (Lipinski definition) is 1. The highest BCUT2D eigenvalue weighted by Crippen LogP contribution is 2.29. The van der Waals surface area contributed by atoms with Gasteiger partial charge in [0.05, 0.1) is 17.6 Å². The number of nitrogens with zero attached hydrogens (tertiary/aromatic N) is 3. The fourth-order valence-electron chi connectivity index (χ4n) is 3.44. The zero-order valence-electron chi connectivity index (χ0n) is 22.9. The summed E-state index contributed by atoms with van der Waals surface area (Å²) >= 11 is 3.23. The van der Waals surface area contributed by atoms with Crippen LogP contribution in [0.4, 0.5) is 35.6 Å². The predicted octanol–water partition coefficient (Wildman–Crippen LogP) is 7.84. The van der Waals surface area contributed by atoms with Gasteiger partial charge in [-0.3, -0.25) is 4.98 Å². The summed E-state index contributed by atoms with van der Waals surface area (Å²) < 4.78 is 41.5. The molecule has 11 heteroatoms. The van der Waals surface area contributed by atoms with Crippen LogP contribution in [0.25, 0.3) is 0 Å². The molecule has 2 amide bonds. The highest BCUT2D eigenvalue weighted by atomic mass is 79.9. The molecule has 2 heterocycles. The van der Waals surface area contributed by atoms with E-state index >= 15 is 4.39 Å². The average Bonchev–Trinajstić information content (AvgIpc) is 2.78. The summed E-state index contributed by atoms with van der Waals surface area (Å²) in [6.45, 7) is 11.5. The summed E-state index contributed by atoms with van der Waals surface area (Å²) in [6, 6.07) is 6.06. The second kappa shape index (κ2) is 11.6. The smallest absolute Gasteiger partial charge is 0.425 e. The number of rotatable bonds is 5. The Labute approximate surface area is 234 Å². The Hall–Kier alpha value is -3.60. The van der Waals surface area contributed by atoms with E-state index in [-0.39, 0.29) is 17.7 Å². The van der Waals surface area contributed by atoms with Crippen LogP contribution in [0.5, 0.6) is 0 Å². The summed E-state index contributed by atoms with van der Waals surface area (Å²) in [6.07, 6.45) is 2.20. The molecule has 0 aliphatic rings. The van der Waals surface area contributed by atoms with Gasteiger partial charge in [-0.1, -0.05) is 15.9 Å². The van der Waals surface area contributed by atoms with Gasteiger partial charge in [0.15, 0.2) is 11.6 Å². The largest absolute Gasteiger partial charge is 0.443 e. The van der Waals surface area contributed by atoms with Gasteiger partial charge in [-0.25, -0.2) is 23.4 Å². The van der Waals surface area contributed by atoms with Crippen molar-refractivity contribution < 1.29 is 27.8 Å². The second-order valence-corrected chi connectivity index (χ2v) is 11.7. The quantitative estimate of drug-likeness (QED) is 0.317. The first kappa shape index (κ1) is 29.9. The van der Waals surface area contributed by atoms with E-state index in [1.165, 1.54) is 18.3 Å². The molecule has 1 N–H and O–H groups in total. The fourth-order valence-corrected chi connectivity index (χ4v) is 3.77. The van der Waals surface area contributed by atoms with Crippen LogP contribution in [0.3, 0.4) is 0 Å². The van der Waals surface area contributed by atoms with Gasteiger partial charge in [0.2, 0.25) is 0 Å². The number of anilines is 3. The zero-order chi connectivity index (χ0) is 29.1. The second-order valence-electron chi connectivity index (χ2n) is 10.8. The number of nitrogens with one attached hydrogen (secondary N) is 1. The Kier molecular flexibility index (Phi) is 8.94. The number of pyridine rings is 2. The molecule has 3 aromatic rings. The molecule has 0 saturated carbocycles. The van der Waals surface area contributed by atoms with Crippen molar-refractivity contribution in [1.29, 1.82) is 0 Å². The van der Waals surface area contributed by atoms with Crippen molar-refractivity contribution in [3.05, 3.63) is 75.7 Å². The maximum Gasteiger partial charge on any atom is 0.425 e. The Balaban J connectivity index is 1.97. The summed E-state index contributed by atoms with van der Waals surface area (Å²) in [5, 5.41) is 3.02. The third-order valence-electron chi connectivity index (χ3n) is 5.22. The molecular formula is C28H31BrF2N4O4. The molecule has 3 rings (SSSR count). The van der Waals surface area contributed by atoms with Crippen LogP contribution in [0.15, 0.2) is 47.3 Å². The molecule has 0 radical (unpaired) electrons. The maximum absolute atomic E-state index is 15.9. The van der Waals surface area contributed by atoms with Crippen molar-refractivity contribution in [3.63, 3.8) is 0 Å². The number of benzene rings is 1. The number of aromatic nitrogens is 2. The predicted molar refractivity (Wildman–Crippen MR) is 148 cm³/mol. The minimum Gasteiger partial charge on any atom is -0.443 e. The minimum absolute atomic E-state index is 0.0506. The Morgan fingerprint density at radius 3 is 2.13 bits per heavy atom. The maximum atomic E-state index is 15.9. The van der Waals surface area contributed by atoms with Gasteiger partial charge in [-0.15, -0.1) is 0 Å². The fraction of sp³-hybridized carbons (Fsp3) is 0.357. The number of ether oxygens (including phenoxy) is 2. The van der Waals surface area contributed by atoms with E-state index in [4.69, 9.17) is 9.47 Å². The van der Waals surface area contributed by atoms with E-state index in [2.05, 4.69) is 31.2 Å². The number of amides is 2. The number of carbonyl (C=O) groups excluding carboxylic acids is 2. The first-order valence-corrected chi connectivity index (χ1v) is 12.9. The van der Waals surface area contributed by atoms with Crippen LogP contribution in [-0.2, 0) is 15.9 Å². The minimum atomic E-state index is -1.12. The lowest BCUT2D eigenvalue weighted by atomic mass is 10.0. The summed E-state index contributed by atoms with van der Waals surface area (Å²) in [5.41, 5.74) is 0.353. The van der Waals surface area contributed by atoms with Crippen LogP contribution in [-0.4, -0.2) is 33.4 Å². The SMILES string of the molecule is Cc1c(Cc2ccnc(N(C(=O)OC(C)(C)C)C(=O)OC(C)(C)C)c2F)cncc1Nc1ccc(Br)cc1F. The van der Waals surface area contributed by atoms with Crippen LogP contribution in [0.1, 0.15) is 58.2 Å². The number of carbonyl (C=O) groups is 2. The summed E-state index contributed by atoms with van der Waals surface area (Å²) in [4.78, 5) is 34.6. The van der Waals surface area contributed by atoms with Crippen LogP contribution in [0, 0.1) is 18.6 Å². The van der Waals surface area contributed by atoms with Gasteiger partial charge in [-0.05, 0) is 89.4 Å². The molecule has 39 heavy (non-hydrogen) atoms. The molecule has 1 aromatic carbocycles. The Morgan fingerprint density at radius 2 is 1.56 bits per heavy atom. The van der Waals surface area contributed by atoms with E-state index in [9.17, 15) is 14.0 Å². The molecule has 0 aliphatic heterocycles. The van der Waals surface area contributed by atoms with Gasteiger partial charge < -0.3 is 14.8 Å². The zero-order valence-corrected chi connectivity index (χ0v) is 24.4. The van der Waals surface area contributed by atoms with Crippen molar-refractivity contribution >= 4 is 45.3 Å². The molecule has 0 saturated heterocycles. The highest BCUT2D eigenvalue weighted by Gasteiger charge is 2.36.